The molecule has 3 atom stereocenters. The molecule has 0 radical (unpaired) electrons. The molecule has 7 nitrogen and oxygen atoms in total. The zero-order valence-corrected chi connectivity index (χ0v) is 16.9. The third kappa shape index (κ3) is 3.67. The van der Waals surface area contributed by atoms with E-state index < -0.39 is 9.84 Å². The van der Waals surface area contributed by atoms with Crippen LogP contribution in [0.4, 0.5) is 0 Å². The molecule has 0 spiro atoms. The standard InChI is InChI=1S/C18H22N2O5S2/c1-3-11(2)17(21)19-18-20(13-8-27(22,23)9-16(13)26-18)7-12-4-5-14-15(6-12)25-10-24-14/h4-6,11,13,16H,3,7-10H2,1-2H3/t11-,13+,16+/m1/s1. The largest absolute Gasteiger partial charge is 0.454 e. The second kappa shape index (κ2) is 7.01. The van der Waals surface area contributed by atoms with Crippen LogP contribution in [0.2, 0.25) is 0 Å². The number of sulfone groups is 1. The first-order chi connectivity index (χ1) is 12.9. The van der Waals surface area contributed by atoms with Crippen molar-refractivity contribution in [3.8, 4) is 11.5 Å². The van der Waals surface area contributed by atoms with Gasteiger partial charge in [0.2, 0.25) is 6.79 Å². The number of amidine groups is 1. The molecule has 3 aliphatic rings. The van der Waals surface area contributed by atoms with Gasteiger partial charge >= 0.3 is 0 Å². The summed E-state index contributed by atoms with van der Waals surface area (Å²) in [7, 11) is -3.06. The number of benzene rings is 1. The number of carbonyl (C=O) groups is 1. The van der Waals surface area contributed by atoms with Gasteiger partial charge in [-0.15, -0.1) is 0 Å². The highest BCUT2D eigenvalue weighted by atomic mass is 32.2. The van der Waals surface area contributed by atoms with Gasteiger partial charge < -0.3 is 14.4 Å². The van der Waals surface area contributed by atoms with Gasteiger partial charge in [-0.25, -0.2) is 8.42 Å². The van der Waals surface area contributed by atoms with Crippen LogP contribution in [0.3, 0.4) is 0 Å². The topological polar surface area (TPSA) is 85.3 Å². The molecule has 0 aliphatic carbocycles. The highest BCUT2D eigenvalue weighted by Crippen LogP contribution is 2.40. The lowest BCUT2D eigenvalue weighted by atomic mass is 10.1. The average molecular weight is 411 g/mol. The summed E-state index contributed by atoms with van der Waals surface area (Å²) in [5, 5.41) is 0.551. The van der Waals surface area contributed by atoms with E-state index in [4.69, 9.17) is 9.47 Å². The molecular formula is C18H22N2O5S2. The average Bonchev–Trinajstić information content (AvgIpc) is 3.28. The van der Waals surface area contributed by atoms with E-state index in [1.165, 1.54) is 11.8 Å². The van der Waals surface area contributed by atoms with Gasteiger partial charge in [-0.3, -0.25) is 4.79 Å². The van der Waals surface area contributed by atoms with Gasteiger partial charge in [0.15, 0.2) is 26.5 Å². The van der Waals surface area contributed by atoms with Crippen molar-refractivity contribution in [1.82, 2.24) is 4.90 Å². The molecule has 2 fully saturated rings. The fourth-order valence-corrected chi connectivity index (χ4v) is 7.39. The summed E-state index contributed by atoms with van der Waals surface area (Å²) < 4.78 is 35.0. The second-order valence-electron chi connectivity index (χ2n) is 7.16. The maximum absolute atomic E-state index is 12.3. The lowest BCUT2D eigenvalue weighted by Gasteiger charge is -2.24. The maximum Gasteiger partial charge on any atom is 0.250 e. The van der Waals surface area contributed by atoms with Gasteiger partial charge in [0.05, 0.1) is 17.5 Å². The molecule has 0 unspecified atom stereocenters. The highest BCUT2D eigenvalue weighted by molar-refractivity contribution is 8.15. The Kier molecular flexibility index (Phi) is 4.84. The van der Waals surface area contributed by atoms with Crippen molar-refractivity contribution in [3.05, 3.63) is 23.8 Å². The van der Waals surface area contributed by atoms with Crippen LogP contribution in [0.25, 0.3) is 0 Å². The second-order valence-corrected chi connectivity index (χ2v) is 10.5. The Bertz CT molecular complexity index is 899. The molecule has 2 saturated heterocycles. The minimum absolute atomic E-state index is 0.0764. The van der Waals surface area contributed by atoms with Gasteiger partial charge in [-0.1, -0.05) is 31.7 Å². The Hall–Kier alpha value is -1.74. The van der Waals surface area contributed by atoms with E-state index in [9.17, 15) is 13.2 Å². The van der Waals surface area contributed by atoms with E-state index in [0.29, 0.717) is 23.2 Å². The van der Waals surface area contributed by atoms with Gasteiger partial charge in [0.1, 0.15) is 0 Å². The summed E-state index contributed by atoms with van der Waals surface area (Å²) in [6.45, 7) is 4.50. The van der Waals surface area contributed by atoms with Gasteiger partial charge in [-0.2, -0.15) is 4.99 Å². The van der Waals surface area contributed by atoms with E-state index in [1.807, 2.05) is 36.9 Å². The van der Waals surface area contributed by atoms with E-state index in [0.717, 1.165) is 12.0 Å². The quantitative estimate of drug-likeness (QED) is 0.751. The Morgan fingerprint density at radius 1 is 1.33 bits per heavy atom. The Balaban J connectivity index is 1.62. The maximum atomic E-state index is 12.3. The first kappa shape index (κ1) is 18.6. The van der Waals surface area contributed by atoms with Crippen molar-refractivity contribution in [2.45, 2.75) is 38.1 Å². The third-order valence-corrected chi connectivity index (χ3v) is 8.45. The Labute approximate surface area is 163 Å². The van der Waals surface area contributed by atoms with Crippen molar-refractivity contribution in [2.75, 3.05) is 18.3 Å². The SMILES string of the molecule is CC[C@@H](C)C(=O)N=C1S[C@H]2CS(=O)(=O)C[C@@H]2N1Cc1ccc2c(c1)OCO2. The minimum Gasteiger partial charge on any atom is -0.454 e. The number of hydrogen-bond donors (Lipinski definition) is 0. The smallest absolute Gasteiger partial charge is 0.250 e. The van der Waals surface area contributed by atoms with E-state index in [2.05, 4.69) is 4.99 Å². The number of thioether (sulfide) groups is 1. The molecule has 146 valence electrons. The van der Waals surface area contributed by atoms with Crippen LogP contribution in [0.1, 0.15) is 25.8 Å². The fourth-order valence-electron chi connectivity index (χ4n) is 3.44. The Morgan fingerprint density at radius 2 is 2.11 bits per heavy atom. The summed E-state index contributed by atoms with van der Waals surface area (Å²) in [4.78, 5) is 18.7. The Morgan fingerprint density at radius 3 is 2.89 bits per heavy atom. The molecule has 0 bridgehead atoms. The molecule has 1 aromatic rings. The van der Waals surface area contributed by atoms with E-state index in [-0.39, 0.29) is 41.4 Å². The molecule has 3 heterocycles. The number of carbonyl (C=O) groups excluding carboxylic acids is 1. The molecule has 0 saturated carbocycles. The summed E-state index contributed by atoms with van der Waals surface area (Å²) in [5.74, 6) is 1.33. The third-order valence-electron chi connectivity index (χ3n) is 5.20. The van der Waals surface area contributed by atoms with Crippen molar-refractivity contribution >= 4 is 32.7 Å². The molecule has 0 aromatic heterocycles. The lowest BCUT2D eigenvalue weighted by Crippen LogP contribution is -2.37. The predicted octanol–water partition coefficient (Wildman–Crippen LogP) is 2.06. The zero-order valence-electron chi connectivity index (χ0n) is 15.3. The minimum atomic E-state index is -3.06. The molecule has 3 aliphatic heterocycles. The van der Waals surface area contributed by atoms with Crippen LogP contribution in [-0.2, 0) is 21.2 Å². The normalized spacial score (nSPS) is 27.8. The highest BCUT2D eigenvalue weighted by Gasteiger charge is 2.48. The fraction of sp³-hybridized carbons (Fsp3) is 0.556. The van der Waals surface area contributed by atoms with Crippen LogP contribution >= 0.6 is 11.8 Å². The summed E-state index contributed by atoms with van der Waals surface area (Å²) >= 11 is 1.41. The molecule has 0 N–H and O–H groups in total. The van der Waals surface area contributed by atoms with Crippen molar-refractivity contribution in [1.29, 1.82) is 0 Å². The van der Waals surface area contributed by atoms with Crippen LogP contribution < -0.4 is 9.47 Å². The number of hydrogen-bond acceptors (Lipinski definition) is 6. The molecule has 1 aromatic carbocycles. The molecule has 9 heteroatoms. The van der Waals surface area contributed by atoms with Crippen LogP contribution in [-0.4, -0.2) is 54.0 Å². The lowest BCUT2D eigenvalue weighted by molar-refractivity contribution is -0.121. The summed E-state index contributed by atoms with van der Waals surface area (Å²) in [6.07, 6.45) is 0.726. The number of fused-ring (bicyclic) bond motifs is 2. The number of amides is 1. The van der Waals surface area contributed by atoms with Crippen LogP contribution in [0.15, 0.2) is 23.2 Å². The van der Waals surface area contributed by atoms with E-state index >= 15 is 0 Å². The van der Waals surface area contributed by atoms with Crippen molar-refractivity contribution in [2.24, 2.45) is 10.9 Å². The molecule has 27 heavy (non-hydrogen) atoms. The van der Waals surface area contributed by atoms with Crippen molar-refractivity contribution in [3.63, 3.8) is 0 Å². The zero-order chi connectivity index (χ0) is 19.2. The first-order valence-corrected chi connectivity index (χ1v) is 11.7. The van der Waals surface area contributed by atoms with Crippen LogP contribution in [0.5, 0.6) is 11.5 Å². The van der Waals surface area contributed by atoms with E-state index in [1.54, 1.807) is 0 Å². The number of aliphatic imine (C=N–C) groups is 1. The first-order valence-electron chi connectivity index (χ1n) is 9.01. The number of rotatable bonds is 4. The molecule has 4 rings (SSSR count). The monoisotopic (exact) mass is 410 g/mol. The van der Waals surface area contributed by atoms with Crippen molar-refractivity contribution < 1.29 is 22.7 Å². The molecular weight excluding hydrogens is 388 g/mol. The molecule has 1 amide bonds. The van der Waals surface area contributed by atoms with Gasteiger partial charge in [-0.05, 0) is 24.1 Å². The predicted molar refractivity (Wildman–Crippen MR) is 104 cm³/mol. The van der Waals surface area contributed by atoms with Gasteiger partial charge in [0.25, 0.3) is 5.91 Å². The van der Waals surface area contributed by atoms with Gasteiger partial charge in [0, 0.05) is 17.7 Å². The summed E-state index contributed by atoms with van der Waals surface area (Å²) in [5.41, 5.74) is 0.966. The summed E-state index contributed by atoms with van der Waals surface area (Å²) in [6, 6.07) is 5.53. The van der Waals surface area contributed by atoms with Crippen LogP contribution in [0, 0.1) is 5.92 Å². The number of ether oxygens (including phenoxy) is 2. The number of nitrogens with zero attached hydrogens (tertiary/aromatic N) is 2.